The molecule has 0 radical (unpaired) electrons. The molecule has 33 heavy (non-hydrogen) atoms. The van der Waals surface area contributed by atoms with Crippen molar-refractivity contribution in [1.82, 2.24) is 4.98 Å². The smallest absolute Gasteiger partial charge is 0.140 e. The van der Waals surface area contributed by atoms with E-state index in [4.69, 9.17) is 4.98 Å². The standard InChI is InChI=1S/C30H25N3/c1-24-22-29(32(25-14-6-2-7-15-25)26-16-8-3-9-17-26)31-30(23-24)33(27-18-10-4-11-19-27)28-20-12-5-13-21-28/h2-23H,1H3. The lowest BCUT2D eigenvalue weighted by Crippen LogP contribution is -2.16. The second-order valence-corrected chi connectivity index (χ2v) is 7.87. The molecule has 0 fully saturated rings. The maximum absolute atomic E-state index is 5.19. The third-order valence-electron chi connectivity index (χ3n) is 5.46. The fraction of sp³-hybridized carbons (Fsp3) is 0.0333. The molecule has 5 rings (SSSR count). The third-order valence-corrected chi connectivity index (χ3v) is 5.46. The summed E-state index contributed by atoms with van der Waals surface area (Å²) in [4.78, 5) is 9.59. The maximum Gasteiger partial charge on any atom is 0.140 e. The Morgan fingerprint density at radius 2 is 0.697 bits per heavy atom. The van der Waals surface area contributed by atoms with Crippen molar-refractivity contribution in [1.29, 1.82) is 0 Å². The molecule has 0 saturated carbocycles. The van der Waals surface area contributed by atoms with E-state index < -0.39 is 0 Å². The van der Waals surface area contributed by atoms with Crippen LogP contribution in [0.3, 0.4) is 0 Å². The van der Waals surface area contributed by atoms with Crippen molar-refractivity contribution in [3.05, 3.63) is 139 Å². The van der Waals surface area contributed by atoms with Gasteiger partial charge in [0.15, 0.2) is 0 Å². The Morgan fingerprint density at radius 1 is 0.424 bits per heavy atom. The van der Waals surface area contributed by atoms with Gasteiger partial charge in [0.2, 0.25) is 0 Å². The lowest BCUT2D eigenvalue weighted by atomic mass is 10.2. The Labute approximate surface area is 195 Å². The van der Waals surface area contributed by atoms with E-state index in [2.05, 4.69) is 126 Å². The lowest BCUT2D eigenvalue weighted by molar-refractivity contribution is 1.12. The Hall–Kier alpha value is -4.37. The summed E-state index contributed by atoms with van der Waals surface area (Å²) in [6.07, 6.45) is 0. The van der Waals surface area contributed by atoms with Gasteiger partial charge in [0.25, 0.3) is 0 Å². The van der Waals surface area contributed by atoms with Crippen molar-refractivity contribution in [2.75, 3.05) is 9.80 Å². The number of benzene rings is 4. The van der Waals surface area contributed by atoms with Crippen molar-refractivity contribution in [3.63, 3.8) is 0 Å². The topological polar surface area (TPSA) is 19.4 Å². The van der Waals surface area contributed by atoms with Crippen LogP contribution in [0.1, 0.15) is 5.56 Å². The first-order chi connectivity index (χ1) is 16.3. The normalized spacial score (nSPS) is 10.6. The highest BCUT2D eigenvalue weighted by Gasteiger charge is 2.18. The van der Waals surface area contributed by atoms with Crippen LogP contribution in [0.2, 0.25) is 0 Å². The quantitative estimate of drug-likeness (QED) is 0.271. The molecular formula is C30H25N3. The Bertz CT molecular complexity index is 1120. The monoisotopic (exact) mass is 427 g/mol. The molecule has 0 N–H and O–H groups in total. The van der Waals surface area contributed by atoms with E-state index in [1.54, 1.807) is 0 Å². The van der Waals surface area contributed by atoms with E-state index in [1.165, 1.54) is 0 Å². The summed E-state index contributed by atoms with van der Waals surface area (Å²) in [6, 6.07) is 45.8. The first kappa shape index (κ1) is 20.5. The minimum Gasteiger partial charge on any atom is -0.295 e. The molecular weight excluding hydrogens is 402 g/mol. The van der Waals surface area contributed by atoms with Crippen LogP contribution < -0.4 is 9.80 Å². The molecule has 0 unspecified atom stereocenters. The Morgan fingerprint density at radius 3 is 0.970 bits per heavy atom. The molecule has 0 amide bonds. The molecule has 0 spiro atoms. The molecule has 1 aromatic heterocycles. The zero-order valence-electron chi connectivity index (χ0n) is 18.5. The van der Waals surface area contributed by atoms with Crippen molar-refractivity contribution in [2.45, 2.75) is 6.92 Å². The Balaban J connectivity index is 1.69. The van der Waals surface area contributed by atoms with E-state index in [-0.39, 0.29) is 0 Å². The van der Waals surface area contributed by atoms with Crippen LogP contribution in [-0.2, 0) is 0 Å². The number of hydrogen-bond acceptors (Lipinski definition) is 3. The molecule has 0 aliphatic rings. The number of hydrogen-bond donors (Lipinski definition) is 0. The second-order valence-electron chi connectivity index (χ2n) is 7.87. The molecule has 3 nitrogen and oxygen atoms in total. The van der Waals surface area contributed by atoms with Crippen LogP contribution in [0.25, 0.3) is 0 Å². The minimum atomic E-state index is 0.874. The minimum absolute atomic E-state index is 0.874. The summed E-state index contributed by atoms with van der Waals surface area (Å²) in [5.41, 5.74) is 5.42. The number of anilines is 6. The lowest BCUT2D eigenvalue weighted by Gasteiger charge is -2.28. The van der Waals surface area contributed by atoms with Gasteiger partial charge in [-0.05, 0) is 73.2 Å². The zero-order chi connectivity index (χ0) is 22.5. The van der Waals surface area contributed by atoms with Gasteiger partial charge in [-0.15, -0.1) is 0 Å². The van der Waals surface area contributed by atoms with Crippen molar-refractivity contribution in [2.24, 2.45) is 0 Å². The van der Waals surface area contributed by atoms with Crippen LogP contribution in [0.4, 0.5) is 34.4 Å². The van der Waals surface area contributed by atoms with E-state index in [0.717, 1.165) is 39.9 Å². The van der Waals surface area contributed by atoms with Gasteiger partial charge in [-0.25, -0.2) is 4.98 Å². The maximum atomic E-state index is 5.19. The summed E-state index contributed by atoms with van der Waals surface area (Å²) >= 11 is 0. The number of nitrogens with zero attached hydrogens (tertiary/aromatic N) is 3. The van der Waals surface area contributed by atoms with Gasteiger partial charge in [0, 0.05) is 22.7 Å². The van der Waals surface area contributed by atoms with Gasteiger partial charge in [-0.3, -0.25) is 9.80 Å². The number of aromatic nitrogens is 1. The van der Waals surface area contributed by atoms with Crippen LogP contribution in [0, 0.1) is 6.92 Å². The highest BCUT2D eigenvalue weighted by atomic mass is 15.3. The largest absolute Gasteiger partial charge is 0.295 e. The van der Waals surface area contributed by atoms with E-state index in [1.807, 2.05) is 24.3 Å². The predicted molar refractivity (Wildman–Crippen MR) is 138 cm³/mol. The average Bonchev–Trinajstić information content (AvgIpc) is 2.87. The van der Waals surface area contributed by atoms with Gasteiger partial charge < -0.3 is 0 Å². The highest BCUT2D eigenvalue weighted by molar-refractivity contribution is 5.79. The number of para-hydroxylation sites is 4. The summed E-state index contributed by atoms with van der Waals surface area (Å²) < 4.78 is 0. The average molecular weight is 428 g/mol. The summed E-state index contributed by atoms with van der Waals surface area (Å²) in [7, 11) is 0. The molecule has 0 bridgehead atoms. The molecule has 0 aliphatic heterocycles. The first-order valence-corrected chi connectivity index (χ1v) is 11.1. The van der Waals surface area contributed by atoms with Crippen LogP contribution in [-0.4, -0.2) is 4.98 Å². The van der Waals surface area contributed by atoms with Gasteiger partial charge >= 0.3 is 0 Å². The van der Waals surface area contributed by atoms with E-state index in [9.17, 15) is 0 Å². The fourth-order valence-corrected chi connectivity index (χ4v) is 4.00. The zero-order valence-corrected chi connectivity index (χ0v) is 18.5. The van der Waals surface area contributed by atoms with Gasteiger partial charge in [-0.1, -0.05) is 72.8 Å². The number of aryl methyl sites for hydroxylation is 1. The molecule has 3 heteroatoms. The molecule has 0 aliphatic carbocycles. The van der Waals surface area contributed by atoms with E-state index in [0.29, 0.717) is 0 Å². The number of pyridine rings is 1. The van der Waals surface area contributed by atoms with Gasteiger partial charge in [-0.2, -0.15) is 0 Å². The molecule has 1 heterocycles. The van der Waals surface area contributed by atoms with E-state index >= 15 is 0 Å². The summed E-state index contributed by atoms with van der Waals surface area (Å²) in [6.45, 7) is 2.12. The second kappa shape index (κ2) is 9.41. The van der Waals surface area contributed by atoms with Crippen LogP contribution in [0.15, 0.2) is 133 Å². The molecule has 0 atom stereocenters. The molecule has 5 aromatic rings. The van der Waals surface area contributed by atoms with Crippen molar-refractivity contribution >= 4 is 34.4 Å². The Kier molecular flexibility index (Phi) is 5.85. The molecule has 160 valence electrons. The molecule has 0 saturated heterocycles. The fourth-order valence-electron chi connectivity index (χ4n) is 4.00. The SMILES string of the molecule is Cc1cc(N(c2ccccc2)c2ccccc2)nc(N(c2ccccc2)c2ccccc2)c1. The van der Waals surface area contributed by atoms with Gasteiger partial charge in [0.1, 0.15) is 11.6 Å². The summed E-state index contributed by atoms with van der Waals surface area (Å²) in [5, 5.41) is 0. The molecule has 4 aromatic carbocycles. The first-order valence-electron chi connectivity index (χ1n) is 11.1. The third kappa shape index (κ3) is 4.48. The van der Waals surface area contributed by atoms with Crippen LogP contribution >= 0.6 is 0 Å². The predicted octanol–water partition coefficient (Wildman–Crippen LogP) is 8.33. The summed E-state index contributed by atoms with van der Waals surface area (Å²) in [5.74, 6) is 1.75. The number of rotatable bonds is 6. The van der Waals surface area contributed by atoms with Crippen molar-refractivity contribution < 1.29 is 0 Å². The van der Waals surface area contributed by atoms with Gasteiger partial charge in [0.05, 0.1) is 0 Å². The highest BCUT2D eigenvalue weighted by Crippen LogP contribution is 2.38. The van der Waals surface area contributed by atoms with Crippen molar-refractivity contribution in [3.8, 4) is 0 Å². The van der Waals surface area contributed by atoms with Crippen LogP contribution in [0.5, 0.6) is 0 Å².